The van der Waals surface area contributed by atoms with Gasteiger partial charge in [0.15, 0.2) is 6.29 Å². The van der Waals surface area contributed by atoms with Crippen LogP contribution in [0.25, 0.3) is 0 Å². The first-order valence-electron chi connectivity index (χ1n) is 7.50. The summed E-state index contributed by atoms with van der Waals surface area (Å²) in [6, 6.07) is 2.27. The molecule has 1 heterocycles. The summed E-state index contributed by atoms with van der Waals surface area (Å²) < 4.78 is 0. The van der Waals surface area contributed by atoms with E-state index < -0.39 is 0 Å². The second-order valence-corrected chi connectivity index (χ2v) is 7.65. The van der Waals surface area contributed by atoms with Gasteiger partial charge in [-0.3, -0.25) is 4.79 Å². The number of carbonyl (C=O) groups is 1. The Hall–Kier alpha value is -0.630. The zero-order valence-electron chi connectivity index (χ0n) is 13.1. The third kappa shape index (κ3) is 4.76. The molecule has 0 saturated heterocycles. The lowest BCUT2D eigenvalue weighted by atomic mass is 9.86. The molecule has 0 aromatic carbocycles. The highest BCUT2D eigenvalue weighted by Gasteiger charge is 2.21. The molecule has 1 atom stereocenters. The van der Waals surface area contributed by atoms with Crippen LogP contribution in [-0.4, -0.2) is 6.29 Å². The molecule has 1 nitrogen and oxygen atoms in total. The van der Waals surface area contributed by atoms with Gasteiger partial charge in [-0.05, 0) is 29.4 Å². The molecule has 1 rings (SSSR count). The lowest BCUT2D eigenvalue weighted by molar-refractivity contribution is 0.112. The fraction of sp³-hybridized carbons (Fsp3) is 0.706. The van der Waals surface area contributed by atoms with Crippen LogP contribution in [0.1, 0.15) is 80.4 Å². The van der Waals surface area contributed by atoms with Crippen molar-refractivity contribution in [3.8, 4) is 0 Å². The molecular formula is C17H28OS. The van der Waals surface area contributed by atoms with Gasteiger partial charge in [0.05, 0.1) is 4.88 Å². The maximum Gasteiger partial charge on any atom is 0.160 e. The summed E-state index contributed by atoms with van der Waals surface area (Å²) in [5.41, 5.74) is 1.28. The van der Waals surface area contributed by atoms with Crippen molar-refractivity contribution in [1.29, 1.82) is 0 Å². The summed E-state index contributed by atoms with van der Waals surface area (Å²) >= 11 is 1.70. The summed E-state index contributed by atoms with van der Waals surface area (Å²) in [7, 11) is 0. The fourth-order valence-corrected chi connectivity index (χ4v) is 3.76. The zero-order valence-corrected chi connectivity index (χ0v) is 13.9. The Bertz CT molecular complexity index is 398. The van der Waals surface area contributed by atoms with E-state index in [0.717, 1.165) is 23.5 Å². The highest BCUT2D eigenvalue weighted by Crippen LogP contribution is 2.33. The molecule has 0 aliphatic rings. The van der Waals surface area contributed by atoms with Crippen LogP contribution in [0.15, 0.2) is 6.07 Å². The Labute approximate surface area is 122 Å². The summed E-state index contributed by atoms with van der Waals surface area (Å²) in [6.07, 6.45) is 7.30. The topological polar surface area (TPSA) is 17.1 Å². The van der Waals surface area contributed by atoms with Gasteiger partial charge in [0, 0.05) is 4.88 Å². The van der Waals surface area contributed by atoms with Crippen molar-refractivity contribution in [1.82, 2.24) is 0 Å². The van der Waals surface area contributed by atoms with Crippen molar-refractivity contribution in [3.63, 3.8) is 0 Å². The third-order valence-corrected chi connectivity index (χ3v) is 4.84. The van der Waals surface area contributed by atoms with Crippen LogP contribution >= 0.6 is 11.3 Å². The standard InChI is InChI=1S/C17H28OS/c1-6-8-9-13(7-2)10-14-11-15(17(3,4)5)16(12-18)19-14/h11-13H,6-10H2,1-5H3. The van der Waals surface area contributed by atoms with E-state index in [9.17, 15) is 4.79 Å². The lowest BCUT2D eigenvalue weighted by Crippen LogP contribution is -2.11. The summed E-state index contributed by atoms with van der Waals surface area (Å²) in [5, 5.41) is 0. The number of carbonyl (C=O) groups excluding carboxylic acids is 1. The van der Waals surface area contributed by atoms with Gasteiger partial charge in [-0.1, -0.05) is 60.3 Å². The van der Waals surface area contributed by atoms with E-state index in [1.54, 1.807) is 11.3 Å². The van der Waals surface area contributed by atoms with Crippen LogP contribution in [0.4, 0.5) is 0 Å². The van der Waals surface area contributed by atoms with Gasteiger partial charge in [0.25, 0.3) is 0 Å². The van der Waals surface area contributed by atoms with E-state index in [1.807, 2.05) is 0 Å². The molecule has 1 aromatic rings. The van der Waals surface area contributed by atoms with E-state index in [0.29, 0.717) is 0 Å². The Kier molecular flexibility index (Phi) is 6.25. The molecule has 0 amide bonds. The normalized spacial score (nSPS) is 13.5. The average molecular weight is 280 g/mol. The number of rotatable bonds is 7. The van der Waals surface area contributed by atoms with Crippen LogP contribution in [0.2, 0.25) is 0 Å². The van der Waals surface area contributed by atoms with E-state index in [2.05, 4.69) is 40.7 Å². The van der Waals surface area contributed by atoms with Crippen molar-refractivity contribution >= 4 is 17.6 Å². The van der Waals surface area contributed by atoms with Crippen molar-refractivity contribution in [3.05, 3.63) is 21.4 Å². The van der Waals surface area contributed by atoms with Gasteiger partial charge in [-0.2, -0.15) is 0 Å². The number of unbranched alkanes of at least 4 members (excludes halogenated alkanes) is 1. The van der Waals surface area contributed by atoms with E-state index >= 15 is 0 Å². The van der Waals surface area contributed by atoms with Gasteiger partial charge in [0.1, 0.15) is 0 Å². The number of hydrogen-bond acceptors (Lipinski definition) is 2. The molecule has 19 heavy (non-hydrogen) atoms. The minimum Gasteiger partial charge on any atom is -0.297 e. The van der Waals surface area contributed by atoms with Crippen molar-refractivity contribution in [2.45, 2.75) is 72.1 Å². The van der Waals surface area contributed by atoms with Gasteiger partial charge < -0.3 is 0 Å². The van der Waals surface area contributed by atoms with Crippen LogP contribution in [0.5, 0.6) is 0 Å². The quantitative estimate of drug-likeness (QED) is 0.593. The highest BCUT2D eigenvalue weighted by atomic mass is 32.1. The first-order valence-corrected chi connectivity index (χ1v) is 8.32. The van der Waals surface area contributed by atoms with Crippen LogP contribution < -0.4 is 0 Å². The SMILES string of the molecule is CCCCC(CC)Cc1cc(C(C)(C)C)c(C=O)s1. The Morgan fingerprint density at radius 1 is 1.32 bits per heavy atom. The molecule has 0 saturated carbocycles. The predicted molar refractivity (Wildman–Crippen MR) is 85.4 cm³/mol. The van der Waals surface area contributed by atoms with Crippen LogP contribution in [0.3, 0.4) is 0 Å². The molecule has 0 radical (unpaired) electrons. The first kappa shape index (κ1) is 16.4. The molecule has 0 fully saturated rings. The molecule has 0 aliphatic heterocycles. The van der Waals surface area contributed by atoms with Crippen molar-refractivity contribution in [2.24, 2.45) is 5.92 Å². The average Bonchev–Trinajstić information content (AvgIpc) is 2.77. The van der Waals surface area contributed by atoms with E-state index in [4.69, 9.17) is 0 Å². The summed E-state index contributed by atoms with van der Waals surface area (Å²) in [5.74, 6) is 0.769. The monoisotopic (exact) mass is 280 g/mol. The Morgan fingerprint density at radius 2 is 2.00 bits per heavy atom. The molecule has 0 spiro atoms. The second kappa shape index (κ2) is 7.23. The molecule has 0 bridgehead atoms. The van der Waals surface area contributed by atoms with Crippen LogP contribution in [-0.2, 0) is 11.8 Å². The summed E-state index contributed by atoms with van der Waals surface area (Å²) in [4.78, 5) is 13.5. The van der Waals surface area contributed by atoms with E-state index in [1.165, 1.54) is 36.1 Å². The lowest BCUT2D eigenvalue weighted by Gasteiger charge is -2.17. The van der Waals surface area contributed by atoms with Crippen molar-refractivity contribution < 1.29 is 4.79 Å². The molecule has 2 heteroatoms. The molecule has 0 N–H and O–H groups in total. The number of thiophene rings is 1. The number of hydrogen-bond donors (Lipinski definition) is 0. The fourth-order valence-electron chi connectivity index (χ4n) is 2.46. The summed E-state index contributed by atoms with van der Waals surface area (Å²) in [6.45, 7) is 11.1. The van der Waals surface area contributed by atoms with E-state index in [-0.39, 0.29) is 5.41 Å². The molecular weight excluding hydrogens is 252 g/mol. The zero-order chi connectivity index (χ0) is 14.5. The second-order valence-electron chi connectivity index (χ2n) is 6.48. The predicted octanol–water partition coefficient (Wildman–Crippen LogP) is 5.62. The maximum atomic E-state index is 11.2. The minimum atomic E-state index is 0.0656. The molecule has 108 valence electrons. The first-order chi connectivity index (χ1) is 8.92. The van der Waals surface area contributed by atoms with Gasteiger partial charge in [-0.25, -0.2) is 0 Å². The Morgan fingerprint density at radius 3 is 2.42 bits per heavy atom. The largest absolute Gasteiger partial charge is 0.297 e. The van der Waals surface area contributed by atoms with Gasteiger partial charge in [-0.15, -0.1) is 11.3 Å². The van der Waals surface area contributed by atoms with Crippen LogP contribution in [0, 0.1) is 5.92 Å². The molecule has 1 aromatic heterocycles. The van der Waals surface area contributed by atoms with Crippen molar-refractivity contribution in [2.75, 3.05) is 0 Å². The van der Waals surface area contributed by atoms with Gasteiger partial charge >= 0.3 is 0 Å². The highest BCUT2D eigenvalue weighted by molar-refractivity contribution is 7.13. The maximum absolute atomic E-state index is 11.2. The molecule has 1 unspecified atom stereocenters. The Balaban J connectivity index is 2.84. The smallest absolute Gasteiger partial charge is 0.160 e. The molecule has 0 aliphatic carbocycles. The minimum absolute atomic E-state index is 0.0656. The third-order valence-electron chi connectivity index (χ3n) is 3.76. The number of aldehydes is 1. The van der Waals surface area contributed by atoms with Gasteiger partial charge in [0.2, 0.25) is 0 Å².